The number of hydrogen-bond donors (Lipinski definition) is 1. The molecule has 5 nitrogen and oxygen atoms in total. The normalized spacial score (nSPS) is 11.0. The third kappa shape index (κ3) is 5.21. The maximum Gasteiger partial charge on any atom is 0.257 e. The molecule has 0 bridgehead atoms. The van der Waals surface area contributed by atoms with Crippen LogP contribution in [0, 0.1) is 5.92 Å². The van der Waals surface area contributed by atoms with Gasteiger partial charge in [0.05, 0.1) is 24.9 Å². The summed E-state index contributed by atoms with van der Waals surface area (Å²) in [6.45, 7) is 6.04. The van der Waals surface area contributed by atoms with Crippen LogP contribution in [0.4, 0.5) is 0 Å². The van der Waals surface area contributed by atoms with Crippen molar-refractivity contribution in [2.45, 2.75) is 26.8 Å². The van der Waals surface area contributed by atoms with E-state index in [-0.39, 0.29) is 12.5 Å². The summed E-state index contributed by atoms with van der Waals surface area (Å²) in [6.07, 6.45) is 4.12. The standard InChI is InChI=1S/C18H25N3O2/c1-15(2)13-20(9-8-16-6-4-3-5-7-16)18(23)17-12-19-21(14-17)10-11-22/h3-7,12,14-15,22H,8-11,13H2,1-2H3. The van der Waals surface area contributed by atoms with E-state index in [1.54, 1.807) is 17.1 Å². The Hall–Kier alpha value is -2.14. The monoisotopic (exact) mass is 315 g/mol. The van der Waals surface area contributed by atoms with E-state index in [0.29, 0.717) is 24.6 Å². The van der Waals surface area contributed by atoms with Crippen molar-refractivity contribution in [1.82, 2.24) is 14.7 Å². The second-order valence-electron chi connectivity index (χ2n) is 6.10. The molecule has 1 amide bonds. The van der Waals surface area contributed by atoms with Gasteiger partial charge in [0.1, 0.15) is 0 Å². The molecule has 5 heteroatoms. The highest BCUT2D eigenvalue weighted by Crippen LogP contribution is 2.10. The molecular weight excluding hydrogens is 290 g/mol. The Bertz CT molecular complexity index is 608. The molecule has 124 valence electrons. The van der Waals surface area contributed by atoms with E-state index in [1.807, 2.05) is 23.1 Å². The average Bonchev–Trinajstić information content (AvgIpc) is 3.00. The number of carbonyl (C=O) groups excluding carboxylic acids is 1. The molecule has 0 saturated carbocycles. The maximum atomic E-state index is 12.7. The van der Waals surface area contributed by atoms with Gasteiger partial charge >= 0.3 is 0 Å². The third-order valence-corrected chi connectivity index (χ3v) is 3.60. The number of hydrogen-bond acceptors (Lipinski definition) is 3. The highest BCUT2D eigenvalue weighted by molar-refractivity contribution is 5.93. The number of carbonyl (C=O) groups is 1. The van der Waals surface area contributed by atoms with E-state index < -0.39 is 0 Å². The predicted molar refractivity (Wildman–Crippen MR) is 90.2 cm³/mol. The molecule has 0 atom stereocenters. The maximum absolute atomic E-state index is 12.7. The summed E-state index contributed by atoms with van der Waals surface area (Å²) in [7, 11) is 0. The number of aliphatic hydroxyl groups is 1. The number of aromatic nitrogens is 2. The van der Waals surface area contributed by atoms with E-state index in [4.69, 9.17) is 5.11 Å². The van der Waals surface area contributed by atoms with Crippen LogP contribution in [0.15, 0.2) is 42.7 Å². The average molecular weight is 315 g/mol. The van der Waals surface area contributed by atoms with Crippen LogP contribution in [-0.2, 0) is 13.0 Å². The molecule has 2 rings (SSSR count). The van der Waals surface area contributed by atoms with Gasteiger partial charge in [0, 0.05) is 19.3 Å². The van der Waals surface area contributed by atoms with Crippen molar-refractivity contribution >= 4 is 5.91 Å². The Kier molecular flexibility index (Phi) is 6.35. The largest absolute Gasteiger partial charge is 0.394 e. The van der Waals surface area contributed by atoms with Crippen LogP contribution in [0.5, 0.6) is 0 Å². The quantitative estimate of drug-likeness (QED) is 0.812. The zero-order valence-electron chi connectivity index (χ0n) is 13.9. The fraction of sp³-hybridized carbons (Fsp3) is 0.444. The zero-order chi connectivity index (χ0) is 16.7. The van der Waals surface area contributed by atoms with E-state index in [1.165, 1.54) is 5.56 Å². The lowest BCUT2D eigenvalue weighted by Gasteiger charge is -2.24. The molecule has 1 aromatic carbocycles. The zero-order valence-corrected chi connectivity index (χ0v) is 13.9. The van der Waals surface area contributed by atoms with Gasteiger partial charge in [-0.2, -0.15) is 5.10 Å². The second kappa shape index (κ2) is 8.48. The van der Waals surface area contributed by atoms with Crippen LogP contribution in [0.3, 0.4) is 0 Å². The summed E-state index contributed by atoms with van der Waals surface area (Å²) in [4.78, 5) is 14.6. The van der Waals surface area contributed by atoms with Crippen LogP contribution in [0.1, 0.15) is 29.8 Å². The minimum atomic E-state index is -0.00109. The van der Waals surface area contributed by atoms with Crippen molar-refractivity contribution in [3.05, 3.63) is 53.9 Å². The van der Waals surface area contributed by atoms with Gasteiger partial charge in [-0.3, -0.25) is 9.48 Å². The van der Waals surface area contributed by atoms with Crippen molar-refractivity contribution < 1.29 is 9.90 Å². The number of amides is 1. The van der Waals surface area contributed by atoms with Crippen molar-refractivity contribution in [2.24, 2.45) is 5.92 Å². The first kappa shape index (κ1) is 17.2. The Morgan fingerprint density at radius 3 is 2.70 bits per heavy atom. The summed E-state index contributed by atoms with van der Waals surface area (Å²) in [5.41, 5.74) is 1.80. The molecule has 0 aliphatic heterocycles. The summed E-state index contributed by atoms with van der Waals surface area (Å²) < 4.78 is 1.60. The fourth-order valence-corrected chi connectivity index (χ4v) is 2.51. The summed E-state index contributed by atoms with van der Waals surface area (Å²) in [5, 5.41) is 13.1. The minimum Gasteiger partial charge on any atom is -0.394 e. The van der Waals surface area contributed by atoms with Crippen molar-refractivity contribution in [2.75, 3.05) is 19.7 Å². The number of benzene rings is 1. The predicted octanol–water partition coefficient (Wildman–Crippen LogP) is 2.22. The summed E-state index contributed by atoms with van der Waals surface area (Å²) >= 11 is 0. The molecular formula is C18H25N3O2. The molecule has 0 radical (unpaired) electrons. The van der Waals surface area contributed by atoms with Gasteiger partial charge in [-0.25, -0.2) is 0 Å². The molecule has 0 unspecified atom stereocenters. The SMILES string of the molecule is CC(C)CN(CCc1ccccc1)C(=O)c1cnn(CCO)c1. The lowest BCUT2D eigenvalue weighted by atomic mass is 10.1. The molecule has 0 saturated heterocycles. The summed E-state index contributed by atoms with van der Waals surface area (Å²) in [5.74, 6) is 0.404. The van der Waals surface area contributed by atoms with Crippen molar-refractivity contribution in [3.8, 4) is 0 Å². The van der Waals surface area contributed by atoms with Gasteiger partial charge in [-0.15, -0.1) is 0 Å². The van der Waals surface area contributed by atoms with E-state index in [2.05, 4.69) is 31.1 Å². The lowest BCUT2D eigenvalue weighted by molar-refractivity contribution is 0.0738. The molecule has 1 N–H and O–H groups in total. The third-order valence-electron chi connectivity index (χ3n) is 3.60. The summed E-state index contributed by atoms with van der Waals surface area (Å²) in [6, 6.07) is 10.2. The van der Waals surface area contributed by atoms with Gasteiger partial charge in [-0.05, 0) is 17.9 Å². The number of rotatable bonds is 8. The first-order valence-corrected chi connectivity index (χ1v) is 8.06. The van der Waals surface area contributed by atoms with Crippen LogP contribution in [0.25, 0.3) is 0 Å². The second-order valence-corrected chi connectivity index (χ2v) is 6.10. The first-order chi connectivity index (χ1) is 11.1. The molecule has 0 aliphatic carbocycles. The highest BCUT2D eigenvalue weighted by atomic mass is 16.3. The van der Waals surface area contributed by atoms with Gasteiger partial charge in [0.2, 0.25) is 0 Å². The number of aliphatic hydroxyl groups excluding tert-OH is 1. The van der Waals surface area contributed by atoms with Gasteiger partial charge in [0.25, 0.3) is 5.91 Å². The molecule has 1 heterocycles. The lowest BCUT2D eigenvalue weighted by Crippen LogP contribution is -2.35. The van der Waals surface area contributed by atoms with Crippen LogP contribution < -0.4 is 0 Å². The van der Waals surface area contributed by atoms with Crippen LogP contribution >= 0.6 is 0 Å². The highest BCUT2D eigenvalue weighted by Gasteiger charge is 2.18. The van der Waals surface area contributed by atoms with Gasteiger partial charge in [0.15, 0.2) is 0 Å². The Morgan fingerprint density at radius 2 is 2.04 bits per heavy atom. The van der Waals surface area contributed by atoms with E-state index >= 15 is 0 Å². The Balaban J connectivity index is 2.05. The van der Waals surface area contributed by atoms with Gasteiger partial charge < -0.3 is 10.0 Å². The minimum absolute atomic E-state index is 0.00109. The molecule has 2 aromatic rings. The molecule has 0 fully saturated rings. The molecule has 1 aromatic heterocycles. The van der Waals surface area contributed by atoms with Crippen LogP contribution in [0.2, 0.25) is 0 Å². The number of nitrogens with zero attached hydrogens (tertiary/aromatic N) is 3. The topological polar surface area (TPSA) is 58.4 Å². The molecule has 0 aliphatic rings. The Labute approximate surface area is 137 Å². The van der Waals surface area contributed by atoms with Gasteiger partial charge in [-0.1, -0.05) is 44.2 Å². The Morgan fingerprint density at radius 1 is 1.30 bits per heavy atom. The van der Waals surface area contributed by atoms with Crippen molar-refractivity contribution in [1.29, 1.82) is 0 Å². The fourth-order valence-electron chi connectivity index (χ4n) is 2.51. The van der Waals surface area contributed by atoms with Crippen LogP contribution in [-0.4, -0.2) is 45.4 Å². The smallest absolute Gasteiger partial charge is 0.257 e. The first-order valence-electron chi connectivity index (χ1n) is 8.06. The van der Waals surface area contributed by atoms with E-state index in [9.17, 15) is 4.79 Å². The van der Waals surface area contributed by atoms with E-state index in [0.717, 1.165) is 13.0 Å². The van der Waals surface area contributed by atoms with Crippen molar-refractivity contribution in [3.63, 3.8) is 0 Å². The molecule has 23 heavy (non-hydrogen) atoms. The molecule has 0 spiro atoms.